The van der Waals surface area contributed by atoms with Gasteiger partial charge >= 0.3 is 0 Å². The zero-order valence-corrected chi connectivity index (χ0v) is 9.88. The minimum Gasteiger partial charge on any atom is -0.298 e. The molecule has 2 rings (SSSR count). The van der Waals surface area contributed by atoms with Crippen molar-refractivity contribution in [2.24, 2.45) is 4.99 Å². The molecule has 0 fully saturated rings. The standard InChI is InChI=1S/C14H19N/c1-11(15-3)10-14(2)9-8-12-6-4-5-7-13(12)14/h4-7H,8-10H2,1-3H3/b15-11-. The number of fused-ring (bicyclic) bond motifs is 1. The first-order valence-corrected chi connectivity index (χ1v) is 5.66. The van der Waals surface area contributed by atoms with Crippen molar-refractivity contribution in [3.05, 3.63) is 35.4 Å². The third-order valence-electron chi connectivity index (χ3n) is 3.64. The molecule has 1 aromatic carbocycles. The van der Waals surface area contributed by atoms with E-state index in [1.54, 1.807) is 0 Å². The van der Waals surface area contributed by atoms with Gasteiger partial charge in [-0.05, 0) is 42.7 Å². The smallest absolute Gasteiger partial charge is 0.0276 e. The minimum absolute atomic E-state index is 0.320. The summed E-state index contributed by atoms with van der Waals surface area (Å²) in [4.78, 5) is 4.29. The van der Waals surface area contributed by atoms with Crippen molar-refractivity contribution in [3.8, 4) is 0 Å². The molecule has 1 unspecified atom stereocenters. The Morgan fingerprint density at radius 1 is 1.40 bits per heavy atom. The molecule has 1 nitrogen and oxygen atoms in total. The summed E-state index contributed by atoms with van der Waals surface area (Å²) in [5, 5.41) is 0. The molecule has 80 valence electrons. The van der Waals surface area contributed by atoms with E-state index in [1.165, 1.54) is 29.7 Å². The summed E-state index contributed by atoms with van der Waals surface area (Å²) in [6, 6.07) is 8.84. The summed E-state index contributed by atoms with van der Waals surface area (Å²) in [5.41, 5.74) is 4.64. The van der Waals surface area contributed by atoms with Gasteiger partial charge in [-0.2, -0.15) is 0 Å². The highest BCUT2D eigenvalue weighted by Gasteiger charge is 2.33. The second-order valence-corrected chi connectivity index (χ2v) is 4.85. The fraction of sp³-hybridized carbons (Fsp3) is 0.500. The van der Waals surface area contributed by atoms with Gasteiger partial charge in [-0.25, -0.2) is 0 Å². The number of aliphatic imine (C=N–C) groups is 1. The fourth-order valence-corrected chi connectivity index (χ4v) is 2.70. The molecule has 0 aliphatic heterocycles. The van der Waals surface area contributed by atoms with Crippen molar-refractivity contribution in [2.75, 3.05) is 7.05 Å². The van der Waals surface area contributed by atoms with Crippen LogP contribution < -0.4 is 0 Å². The first-order chi connectivity index (χ1) is 7.15. The van der Waals surface area contributed by atoms with Crippen molar-refractivity contribution in [2.45, 2.75) is 38.5 Å². The molecule has 0 heterocycles. The van der Waals surface area contributed by atoms with Gasteiger partial charge in [0, 0.05) is 12.8 Å². The largest absolute Gasteiger partial charge is 0.298 e. The Morgan fingerprint density at radius 3 is 2.87 bits per heavy atom. The maximum Gasteiger partial charge on any atom is 0.0276 e. The van der Waals surface area contributed by atoms with Crippen LogP contribution in [0.15, 0.2) is 29.3 Å². The average molecular weight is 201 g/mol. The van der Waals surface area contributed by atoms with Crippen LogP contribution in [0.3, 0.4) is 0 Å². The van der Waals surface area contributed by atoms with Gasteiger partial charge in [-0.1, -0.05) is 31.2 Å². The van der Waals surface area contributed by atoms with Gasteiger partial charge in [-0.3, -0.25) is 4.99 Å². The van der Waals surface area contributed by atoms with Gasteiger partial charge < -0.3 is 0 Å². The monoisotopic (exact) mass is 201 g/mol. The first kappa shape index (κ1) is 10.4. The lowest BCUT2D eigenvalue weighted by Gasteiger charge is -2.25. The summed E-state index contributed by atoms with van der Waals surface area (Å²) in [6.45, 7) is 4.50. The number of hydrogen-bond donors (Lipinski definition) is 0. The van der Waals surface area contributed by atoms with Crippen LogP contribution in [0.5, 0.6) is 0 Å². The van der Waals surface area contributed by atoms with Crippen LogP contribution in [0.2, 0.25) is 0 Å². The lowest BCUT2D eigenvalue weighted by atomic mass is 9.79. The van der Waals surface area contributed by atoms with E-state index in [2.05, 4.69) is 43.1 Å². The Balaban J connectivity index is 2.32. The third-order valence-corrected chi connectivity index (χ3v) is 3.64. The van der Waals surface area contributed by atoms with Crippen molar-refractivity contribution in [1.82, 2.24) is 0 Å². The zero-order chi connectivity index (χ0) is 10.9. The molecule has 0 bridgehead atoms. The van der Waals surface area contributed by atoms with Gasteiger partial charge in [0.05, 0.1) is 0 Å². The minimum atomic E-state index is 0.320. The summed E-state index contributed by atoms with van der Waals surface area (Å²) in [6.07, 6.45) is 3.59. The molecule has 1 heteroatoms. The summed E-state index contributed by atoms with van der Waals surface area (Å²) < 4.78 is 0. The Bertz CT molecular complexity index is 392. The molecule has 0 saturated heterocycles. The molecule has 1 aliphatic carbocycles. The van der Waals surface area contributed by atoms with Crippen molar-refractivity contribution in [1.29, 1.82) is 0 Å². The lowest BCUT2D eigenvalue weighted by molar-refractivity contribution is 0.488. The van der Waals surface area contributed by atoms with Gasteiger partial charge in [0.25, 0.3) is 0 Å². The second kappa shape index (κ2) is 3.80. The second-order valence-electron chi connectivity index (χ2n) is 4.85. The molecule has 15 heavy (non-hydrogen) atoms. The number of rotatable bonds is 2. The Kier molecular flexibility index (Phi) is 2.64. The van der Waals surface area contributed by atoms with Gasteiger partial charge in [0.15, 0.2) is 0 Å². The quantitative estimate of drug-likeness (QED) is 0.650. The topological polar surface area (TPSA) is 12.4 Å². The summed E-state index contributed by atoms with van der Waals surface area (Å²) >= 11 is 0. The van der Waals surface area contributed by atoms with Crippen molar-refractivity contribution < 1.29 is 0 Å². The predicted molar refractivity (Wildman–Crippen MR) is 65.8 cm³/mol. The molecule has 1 aliphatic rings. The van der Waals surface area contributed by atoms with E-state index < -0.39 is 0 Å². The Labute approximate surface area is 92.2 Å². The van der Waals surface area contributed by atoms with E-state index in [0.717, 1.165) is 6.42 Å². The van der Waals surface area contributed by atoms with Crippen LogP contribution in [0.25, 0.3) is 0 Å². The number of nitrogens with zero attached hydrogens (tertiary/aromatic N) is 1. The molecule has 0 N–H and O–H groups in total. The van der Waals surface area contributed by atoms with Crippen LogP contribution in [0.4, 0.5) is 0 Å². The van der Waals surface area contributed by atoms with E-state index in [4.69, 9.17) is 0 Å². The van der Waals surface area contributed by atoms with Crippen LogP contribution in [0, 0.1) is 0 Å². The highest BCUT2D eigenvalue weighted by Crippen LogP contribution is 2.41. The van der Waals surface area contributed by atoms with E-state index >= 15 is 0 Å². The van der Waals surface area contributed by atoms with Gasteiger partial charge in [0.2, 0.25) is 0 Å². The molecule has 0 aromatic heterocycles. The molecular formula is C14H19N. The molecule has 1 atom stereocenters. The van der Waals surface area contributed by atoms with Gasteiger partial charge in [-0.15, -0.1) is 0 Å². The number of aryl methyl sites for hydroxylation is 1. The molecule has 0 saturated carbocycles. The molecule has 0 spiro atoms. The molecule has 0 radical (unpaired) electrons. The summed E-state index contributed by atoms with van der Waals surface area (Å²) in [7, 11) is 1.89. The van der Waals surface area contributed by atoms with E-state index in [0.29, 0.717) is 5.41 Å². The van der Waals surface area contributed by atoms with Crippen LogP contribution >= 0.6 is 0 Å². The molecule has 1 aromatic rings. The van der Waals surface area contributed by atoms with Gasteiger partial charge in [0.1, 0.15) is 0 Å². The third kappa shape index (κ3) is 1.83. The predicted octanol–water partition coefficient (Wildman–Crippen LogP) is 3.37. The lowest BCUT2D eigenvalue weighted by Crippen LogP contribution is -2.21. The van der Waals surface area contributed by atoms with Crippen LogP contribution in [-0.2, 0) is 11.8 Å². The zero-order valence-electron chi connectivity index (χ0n) is 9.88. The normalized spacial score (nSPS) is 25.4. The van der Waals surface area contributed by atoms with Crippen molar-refractivity contribution >= 4 is 5.71 Å². The van der Waals surface area contributed by atoms with Crippen LogP contribution in [0.1, 0.15) is 37.8 Å². The molecular weight excluding hydrogens is 182 g/mol. The maximum atomic E-state index is 4.29. The van der Waals surface area contributed by atoms with Crippen LogP contribution in [-0.4, -0.2) is 12.8 Å². The van der Waals surface area contributed by atoms with E-state index in [1.807, 2.05) is 7.05 Å². The SMILES string of the molecule is C/N=C(/C)CC1(C)CCc2ccccc21. The highest BCUT2D eigenvalue weighted by atomic mass is 14.7. The average Bonchev–Trinajstić information content (AvgIpc) is 2.57. The van der Waals surface area contributed by atoms with Crippen molar-refractivity contribution in [3.63, 3.8) is 0 Å². The Hall–Kier alpha value is -1.11. The number of benzene rings is 1. The first-order valence-electron chi connectivity index (χ1n) is 5.66. The number of hydrogen-bond acceptors (Lipinski definition) is 1. The maximum absolute atomic E-state index is 4.29. The Morgan fingerprint density at radius 2 is 2.13 bits per heavy atom. The summed E-state index contributed by atoms with van der Waals surface area (Å²) in [5.74, 6) is 0. The van der Waals surface area contributed by atoms with E-state index in [9.17, 15) is 0 Å². The molecule has 0 amide bonds. The van der Waals surface area contributed by atoms with E-state index in [-0.39, 0.29) is 0 Å². The fourth-order valence-electron chi connectivity index (χ4n) is 2.70. The highest BCUT2D eigenvalue weighted by molar-refractivity contribution is 5.83.